The Hall–Kier alpha value is -1.47. The summed E-state index contributed by atoms with van der Waals surface area (Å²) in [6, 6.07) is 5.00. The molecule has 2 N–H and O–H groups in total. The first-order valence-electron chi connectivity index (χ1n) is 6.31. The zero-order chi connectivity index (χ0) is 14.6. The number of halogens is 4. The fourth-order valence-corrected chi connectivity index (χ4v) is 2.04. The molecule has 0 saturated carbocycles. The minimum Gasteiger partial charge on any atom is -0.406 e. The number of rotatable bonds is 3. The fourth-order valence-electron chi connectivity index (χ4n) is 2.04. The van der Waals surface area contributed by atoms with E-state index in [1.54, 1.807) is 0 Å². The Morgan fingerprint density at radius 3 is 2.29 bits per heavy atom. The summed E-state index contributed by atoms with van der Waals surface area (Å²) in [6.07, 6.45) is -3.03. The van der Waals surface area contributed by atoms with Crippen LogP contribution >= 0.6 is 12.4 Å². The highest BCUT2D eigenvalue weighted by atomic mass is 35.5. The Labute approximate surface area is 126 Å². The van der Waals surface area contributed by atoms with E-state index in [2.05, 4.69) is 15.4 Å². The molecule has 8 heteroatoms. The van der Waals surface area contributed by atoms with Crippen molar-refractivity contribution >= 4 is 18.3 Å². The van der Waals surface area contributed by atoms with Crippen molar-refractivity contribution in [2.45, 2.75) is 25.2 Å². The lowest BCUT2D eigenvalue weighted by molar-refractivity contribution is -0.274. The van der Waals surface area contributed by atoms with Gasteiger partial charge in [0.05, 0.1) is 0 Å². The first-order chi connectivity index (χ1) is 9.44. The molecule has 1 saturated heterocycles. The standard InChI is InChI=1S/C13H15F3N2O2.ClH/c14-13(15,16)20-11-3-1-9(2-4-11)12(19)18-10-5-7-17-8-6-10;/h1-4,10,17H,5-8H2,(H,18,19);1H. The highest BCUT2D eigenvalue weighted by Gasteiger charge is 2.31. The van der Waals surface area contributed by atoms with Crippen molar-refractivity contribution in [1.29, 1.82) is 0 Å². The van der Waals surface area contributed by atoms with Gasteiger partial charge in [-0.25, -0.2) is 0 Å². The Kier molecular flexibility index (Phi) is 6.29. The first kappa shape index (κ1) is 17.6. The van der Waals surface area contributed by atoms with Crippen molar-refractivity contribution < 1.29 is 22.7 Å². The van der Waals surface area contributed by atoms with Crippen molar-refractivity contribution in [3.8, 4) is 5.75 Å². The van der Waals surface area contributed by atoms with Crippen molar-refractivity contribution in [2.24, 2.45) is 0 Å². The molecule has 0 bridgehead atoms. The Balaban J connectivity index is 0.00000220. The number of hydrogen-bond donors (Lipinski definition) is 2. The third kappa shape index (κ3) is 5.81. The van der Waals surface area contributed by atoms with Crippen LogP contribution in [0, 0.1) is 0 Å². The molecule has 1 fully saturated rings. The van der Waals surface area contributed by atoms with Crippen molar-refractivity contribution in [2.75, 3.05) is 13.1 Å². The summed E-state index contributed by atoms with van der Waals surface area (Å²) in [6.45, 7) is 1.70. The predicted molar refractivity (Wildman–Crippen MR) is 73.7 cm³/mol. The van der Waals surface area contributed by atoms with Gasteiger partial charge in [0.2, 0.25) is 0 Å². The maximum atomic E-state index is 12.0. The van der Waals surface area contributed by atoms with Gasteiger partial charge in [-0.2, -0.15) is 0 Å². The van der Waals surface area contributed by atoms with Crippen molar-refractivity contribution in [3.05, 3.63) is 29.8 Å². The van der Waals surface area contributed by atoms with Crippen molar-refractivity contribution in [1.82, 2.24) is 10.6 Å². The van der Waals surface area contributed by atoms with Crippen LogP contribution in [-0.4, -0.2) is 31.4 Å². The minimum absolute atomic E-state index is 0. The van der Waals surface area contributed by atoms with Gasteiger partial charge in [-0.15, -0.1) is 25.6 Å². The Morgan fingerprint density at radius 2 is 1.76 bits per heavy atom. The second kappa shape index (κ2) is 7.51. The molecule has 0 aromatic heterocycles. The van der Waals surface area contributed by atoms with Crippen LogP contribution < -0.4 is 15.4 Å². The van der Waals surface area contributed by atoms with Crippen LogP contribution in [0.1, 0.15) is 23.2 Å². The van der Waals surface area contributed by atoms with Gasteiger partial charge in [-0.1, -0.05) is 0 Å². The molecule has 118 valence electrons. The van der Waals surface area contributed by atoms with E-state index in [1.165, 1.54) is 12.1 Å². The summed E-state index contributed by atoms with van der Waals surface area (Å²) in [5.41, 5.74) is 0.318. The summed E-state index contributed by atoms with van der Waals surface area (Å²) in [5, 5.41) is 6.04. The van der Waals surface area contributed by atoms with E-state index in [0.717, 1.165) is 38.1 Å². The second-order valence-electron chi connectivity index (χ2n) is 4.57. The van der Waals surface area contributed by atoms with Gasteiger partial charge in [0, 0.05) is 11.6 Å². The van der Waals surface area contributed by atoms with E-state index in [9.17, 15) is 18.0 Å². The molecule has 1 aromatic rings. The zero-order valence-electron chi connectivity index (χ0n) is 11.1. The second-order valence-corrected chi connectivity index (χ2v) is 4.57. The van der Waals surface area contributed by atoms with Crippen LogP contribution in [0.4, 0.5) is 13.2 Å². The molecule has 1 aliphatic heterocycles. The van der Waals surface area contributed by atoms with Gasteiger partial charge in [-0.05, 0) is 50.2 Å². The summed E-state index contributed by atoms with van der Waals surface area (Å²) in [5.74, 6) is -0.619. The summed E-state index contributed by atoms with van der Waals surface area (Å²) in [4.78, 5) is 11.9. The molecule has 0 spiro atoms. The molecule has 0 unspecified atom stereocenters. The van der Waals surface area contributed by atoms with Gasteiger partial charge in [0.1, 0.15) is 5.75 Å². The maximum absolute atomic E-state index is 12.0. The van der Waals surface area contributed by atoms with Crippen LogP contribution in [0.15, 0.2) is 24.3 Å². The van der Waals surface area contributed by atoms with E-state index in [4.69, 9.17) is 0 Å². The molecule has 0 aliphatic carbocycles. The fraction of sp³-hybridized carbons (Fsp3) is 0.462. The minimum atomic E-state index is -4.72. The van der Waals surface area contributed by atoms with Crippen LogP contribution in [-0.2, 0) is 0 Å². The number of benzene rings is 1. The van der Waals surface area contributed by atoms with Gasteiger partial charge in [0.15, 0.2) is 0 Å². The van der Waals surface area contributed by atoms with E-state index < -0.39 is 6.36 Å². The lowest BCUT2D eigenvalue weighted by atomic mass is 10.1. The predicted octanol–water partition coefficient (Wildman–Crippen LogP) is 2.49. The topological polar surface area (TPSA) is 50.4 Å². The number of carbonyl (C=O) groups is 1. The zero-order valence-corrected chi connectivity index (χ0v) is 11.9. The molecule has 0 atom stereocenters. The number of carbonyl (C=O) groups excluding carboxylic acids is 1. The van der Waals surface area contributed by atoms with E-state index in [1.807, 2.05) is 0 Å². The summed E-state index contributed by atoms with van der Waals surface area (Å²) >= 11 is 0. The summed E-state index contributed by atoms with van der Waals surface area (Å²) < 4.78 is 39.8. The lowest BCUT2D eigenvalue weighted by Gasteiger charge is -2.23. The van der Waals surface area contributed by atoms with E-state index >= 15 is 0 Å². The van der Waals surface area contributed by atoms with Gasteiger partial charge >= 0.3 is 6.36 Å². The maximum Gasteiger partial charge on any atom is 0.573 e. The normalized spacial score (nSPS) is 16.0. The molecule has 4 nitrogen and oxygen atoms in total. The molecule has 2 rings (SSSR count). The Morgan fingerprint density at radius 1 is 1.19 bits per heavy atom. The van der Waals surface area contributed by atoms with Crippen molar-refractivity contribution in [3.63, 3.8) is 0 Å². The lowest BCUT2D eigenvalue weighted by Crippen LogP contribution is -2.42. The molecule has 1 heterocycles. The number of ether oxygens (including phenoxy) is 1. The van der Waals surface area contributed by atoms with Gasteiger partial charge in [-0.3, -0.25) is 4.79 Å². The third-order valence-corrected chi connectivity index (χ3v) is 3.02. The average Bonchev–Trinajstić information content (AvgIpc) is 2.39. The van der Waals surface area contributed by atoms with E-state index in [-0.39, 0.29) is 30.1 Å². The smallest absolute Gasteiger partial charge is 0.406 e. The molecular weight excluding hydrogens is 309 g/mol. The van der Waals surface area contributed by atoms with Crippen LogP contribution in [0.2, 0.25) is 0 Å². The molecular formula is C13H16ClF3N2O2. The number of hydrogen-bond acceptors (Lipinski definition) is 3. The largest absolute Gasteiger partial charge is 0.573 e. The molecule has 21 heavy (non-hydrogen) atoms. The SMILES string of the molecule is Cl.O=C(NC1CCNCC1)c1ccc(OC(F)(F)F)cc1. The summed E-state index contributed by atoms with van der Waals surface area (Å²) in [7, 11) is 0. The van der Waals surface area contributed by atoms with Crippen LogP contribution in [0.3, 0.4) is 0 Å². The van der Waals surface area contributed by atoms with Crippen LogP contribution in [0.5, 0.6) is 5.75 Å². The quantitative estimate of drug-likeness (QED) is 0.898. The highest BCUT2D eigenvalue weighted by molar-refractivity contribution is 5.94. The number of amides is 1. The molecule has 1 amide bonds. The Bertz CT molecular complexity index is 459. The first-order valence-corrected chi connectivity index (χ1v) is 6.31. The number of piperidine rings is 1. The van der Waals surface area contributed by atoms with Gasteiger partial charge < -0.3 is 15.4 Å². The molecule has 1 aromatic carbocycles. The third-order valence-electron chi connectivity index (χ3n) is 3.02. The molecule has 1 aliphatic rings. The number of alkyl halides is 3. The average molecular weight is 325 g/mol. The highest BCUT2D eigenvalue weighted by Crippen LogP contribution is 2.22. The number of nitrogens with one attached hydrogen (secondary N) is 2. The monoisotopic (exact) mass is 324 g/mol. The van der Waals surface area contributed by atoms with Gasteiger partial charge in [0.25, 0.3) is 5.91 Å². The van der Waals surface area contributed by atoms with E-state index in [0.29, 0.717) is 5.56 Å². The van der Waals surface area contributed by atoms with Crippen LogP contribution in [0.25, 0.3) is 0 Å². The molecule has 0 radical (unpaired) electrons.